The Kier molecular flexibility index (Phi) is 5.41. The SMILES string of the molecule is CN(CCC#N)C(=O)COC(=O)c1ccc2c(c1N)C(=O)c1ccccc1C2=O. The Labute approximate surface area is 166 Å². The van der Waals surface area contributed by atoms with E-state index in [9.17, 15) is 19.2 Å². The summed E-state index contributed by atoms with van der Waals surface area (Å²) in [6.45, 7) is -0.323. The number of rotatable bonds is 5. The smallest absolute Gasteiger partial charge is 0.340 e. The first-order valence-corrected chi connectivity index (χ1v) is 8.75. The molecule has 2 N–H and O–H groups in total. The van der Waals surface area contributed by atoms with E-state index in [1.54, 1.807) is 18.2 Å². The molecule has 0 saturated heterocycles. The lowest BCUT2D eigenvalue weighted by molar-refractivity contribution is -0.133. The van der Waals surface area contributed by atoms with Crippen molar-refractivity contribution in [2.45, 2.75) is 6.42 Å². The van der Waals surface area contributed by atoms with E-state index >= 15 is 0 Å². The molecule has 0 saturated carbocycles. The van der Waals surface area contributed by atoms with Crippen LogP contribution in [0.25, 0.3) is 0 Å². The average molecular weight is 391 g/mol. The highest BCUT2D eigenvalue weighted by molar-refractivity contribution is 6.30. The van der Waals surface area contributed by atoms with Crippen LogP contribution in [0.4, 0.5) is 5.69 Å². The number of carbonyl (C=O) groups is 4. The van der Waals surface area contributed by atoms with Crippen LogP contribution in [0, 0.1) is 11.3 Å². The quantitative estimate of drug-likeness (QED) is 0.516. The number of nitrogens with two attached hydrogens (primary N) is 1. The van der Waals surface area contributed by atoms with Gasteiger partial charge in [-0.25, -0.2) is 4.79 Å². The molecule has 0 unspecified atom stereocenters. The van der Waals surface area contributed by atoms with Crippen LogP contribution in [0.1, 0.15) is 48.6 Å². The van der Waals surface area contributed by atoms with Crippen molar-refractivity contribution >= 4 is 29.1 Å². The van der Waals surface area contributed by atoms with Gasteiger partial charge in [-0.3, -0.25) is 14.4 Å². The second-order valence-corrected chi connectivity index (χ2v) is 6.45. The molecule has 0 aromatic heterocycles. The van der Waals surface area contributed by atoms with E-state index in [1.165, 1.54) is 30.1 Å². The number of carbonyl (C=O) groups excluding carboxylic acids is 4. The molecule has 0 atom stereocenters. The highest BCUT2D eigenvalue weighted by atomic mass is 16.5. The second kappa shape index (κ2) is 7.94. The van der Waals surface area contributed by atoms with Crippen molar-refractivity contribution in [3.05, 3.63) is 64.2 Å². The van der Waals surface area contributed by atoms with Gasteiger partial charge in [-0.2, -0.15) is 5.26 Å². The van der Waals surface area contributed by atoms with E-state index in [4.69, 9.17) is 15.7 Å². The van der Waals surface area contributed by atoms with Gasteiger partial charge in [0, 0.05) is 30.3 Å². The van der Waals surface area contributed by atoms with Crippen molar-refractivity contribution < 1.29 is 23.9 Å². The Morgan fingerprint density at radius 1 is 1.07 bits per heavy atom. The summed E-state index contributed by atoms with van der Waals surface area (Å²) in [4.78, 5) is 51.1. The number of nitrogen functional groups attached to an aromatic ring is 1. The molecule has 0 spiro atoms. The molecule has 146 valence electrons. The fourth-order valence-electron chi connectivity index (χ4n) is 3.05. The summed E-state index contributed by atoms with van der Waals surface area (Å²) < 4.78 is 5.01. The fourth-order valence-corrected chi connectivity index (χ4v) is 3.05. The van der Waals surface area contributed by atoms with Crippen LogP contribution in [0.15, 0.2) is 36.4 Å². The Hall–Kier alpha value is -3.99. The maximum atomic E-state index is 12.8. The summed E-state index contributed by atoms with van der Waals surface area (Å²) in [6.07, 6.45) is 0.158. The van der Waals surface area contributed by atoms with Crippen LogP contribution >= 0.6 is 0 Å². The third-order valence-electron chi connectivity index (χ3n) is 4.66. The van der Waals surface area contributed by atoms with Crippen molar-refractivity contribution in [3.63, 3.8) is 0 Å². The number of ketones is 2. The number of amides is 1. The van der Waals surface area contributed by atoms with E-state index in [0.717, 1.165) is 0 Å². The number of fused-ring (bicyclic) bond motifs is 2. The summed E-state index contributed by atoms with van der Waals surface area (Å²) in [6, 6.07) is 11.0. The Morgan fingerprint density at radius 2 is 1.72 bits per heavy atom. The van der Waals surface area contributed by atoms with Gasteiger partial charge in [0.25, 0.3) is 5.91 Å². The number of hydrogen-bond acceptors (Lipinski definition) is 7. The van der Waals surface area contributed by atoms with E-state index in [0.29, 0.717) is 0 Å². The third-order valence-corrected chi connectivity index (χ3v) is 4.66. The molecule has 0 radical (unpaired) electrons. The van der Waals surface area contributed by atoms with Gasteiger partial charge in [0.15, 0.2) is 18.2 Å². The van der Waals surface area contributed by atoms with Crippen LogP contribution in [0.3, 0.4) is 0 Å². The van der Waals surface area contributed by atoms with Crippen LogP contribution in [0.2, 0.25) is 0 Å². The maximum Gasteiger partial charge on any atom is 0.340 e. The molecule has 0 heterocycles. The molecular weight excluding hydrogens is 374 g/mol. The first-order valence-electron chi connectivity index (χ1n) is 8.75. The van der Waals surface area contributed by atoms with Crippen LogP contribution in [-0.2, 0) is 9.53 Å². The molecule has 0 fully saturated rings. The minimum absolute atomic E-state index is 0.0411. The summed E-state index contributed by atoms with van der Waals surface area (Å²) in [5, 5.41) is 8.55. The topological polar surface area (TPSA) is 131 Å². The number of hydrogen-bond donors (Lipinski definition) is 1. The largest absolute Gasteiger partial charge is 0.452 e. The molecule has 29 heavy (non-hydrogen) atoms. The van der Waals surface area contributed by atoms with E-state index in [2.05, 4.69) is 0 Å². The van der Waals surface area contributed by atoms with Gasteiger partial charge in [-0.15, -0.1) is 0 Å². The molecule has 0 bridgehead atoms. The van der Waals surface area contributed by atoms with Gasteiger partial charge < -0.3 is 15.4 Å². The van der Waals surface area contributed by atoms with Crippen molar-refractivity contribution in [3.8, 4) is 6.07 Å². The number of esters is 1. The number of benzene rings is 2. The first kappa shape index (κ1) is 19.8. The molecule has 1 aliphatic rings. The lowest BCUT2D eigenvalue weighted by Gasteiger charge is -2.20. The number of nitrogens with zero attached hydrogens (tertiary/aromatic N) is 2. The van der Waals surface area contributed by atoms with Crippen molar-refractivity contribution in [2.24, 2.45) is 0 Å². The predicted octanol–water partition coefficient (Wildman–Crippen LogP) is 1.57. The standard InChI is InChI=1S/C21H17N3O5/c1-24(10-4-9-22)16(25)11-29-21(28)15-8-7-14-17(18(15)23)20(27)13-6-3-2-5-12(13)19(14)26/h2-3,5-8H,4,10-11,23H2,1H3. The van der Waals surface area contributed by atoms with Crippen LogP contribution in [-0.4, -0.2) is 48.5 Å². The normalized spacial score (nSPS) is 11.9. The number of nitriles is 1. The highest BCUT2D eigenvalue weighted by Gasteiger charge is 2.33. The Bertz CT molecular complexity index is 1080. The molecule has 1 aliphatic carbocycles. The van der Waals surface area contributed by atoms with Crippen molar-refractivity contribution in [1.82, 2.24) is 4.90 Å². The highest BCUT2D eigenvalue weighted by Crippen LogP contribution is 2.32. The lowest BCUT2D eigenvalue weighted by atomic mass is 9.82. The van der Waals surface area contributed by atoms with Gasteiger partial charge in [0.1, 0.15) is 0 Å². The summed E-state index contributed by atoms with van der Waals surface area (Å²) >= 11 is 0. The zero-order valence-corrected chi connectivity index (χ0v) is 15.6. The number of anilines is 1. The maximum absolute atomic E-state index is 12.8. The van der Waals surface area contributed by atoms with E-state index in [-0.39, 0.29) is 52.3 Å². The molecular formula is C21H17N3O5. The second-order valence-electron chi connectivity index (χ2n) is 6.45. The minimum Gasteiger partial charge on any atom is -0.452 e. The van der Waals surface area contributed by atoms with Crippen molar-refractivity contribution in [1.29, 1.82) is 5.26 Å². The molecule has 3 rings (SSSR count). The fraction of sp³-hybridized carbons (Fsp3) is 0.190. The third kappa shape index (κ3) is 3.58. The number of likely N-dealkylation sites (N-methyl/N-ethyl adjacent to an activating group) is 1. The Balaban J connectivity index is 1.83. The van der Waals surface area contributed by atoms with Gasteiger partial charge in [0.2, 0.25) is 0 Å². The molecule has 2 aromatic carbocycles. The molecule has 1 amide bonds. The van der Waals surface area contributed by atoms with Gasteiger partial charge in [-0.05, 0) is 12.1 Å². The zero-order valence-electron chi connectivity index (χ0n) is 15.6. The summed E-state index contributed by atoms with van der Waals surface area (Å²) in [7, 11) is 1.49. The molecule has 0 aliphatic heterocycles. The molecule has 8 heteroatoms. The predicted molar refractivity (Wildman–Crippen MR) is 102 cm³/mol. The monoisotopic (exact) mass is 391 g/mol. The summed E-state index contributed by atoms with van der Waals surface area (Å²) in [5.41, 5.74) is 6.36. The van der Waals surface area contributed by atoms with Gasteiger partial charge in [0.05, 0.1) is 29.3 Å². The average Bonchev–Trinajstić information content (AvgIpc) is 2.73. The molecule has 8 nitrogen and oxygen atoms in total. The zero-order chi connectivity index (χ0) is 21.1. The van der Waals surface area contributed by atoms with Gasteiger partial charge >= 0.3 is 5.97 Å². The number of ether oxygens (including phenoxy) is 1. The van der Waals surface area contributed by atoms with Crippen LogP contribution < -0.4 is 5.73 Å². The van der Waals surface area contributed by atoms with Crippen molar-refractivity contribution in [2.75, 3.05) is 25.9 Å². The van der Waals surface area contributed by atoms with Gasteiger partial charge in [-0.1, -0.05) is 24.3 Å². The molecule has 2 aromatic rings. The van der Waals surface area contributed by atoms with Crippen LogP contribution in [0.5, 0.6) is 0 Å². The first-order chi connectivity index (χ1) is 13.9. The van der Waals surface area contributed by atoms with E-state index in [1.807, 2.05) is 6.07 Å². The lowest BCUT2D eigenvalue weighted by Crippen LogP contribution is -2.32. The minimum atomic E-state index is -0.883. The summed E-state index contributed by atoms with van der Waals surface area (Å²) in [5.74, 6) is -2.16. The van der Waals surface area contributed by atoms with E-state index < -0.39 is 24.3 Å². The Morgan fingerprint density at radius 3 is 2.38 bits per heavy atom.